The van der Waals surface area contributed by atoms with Gasteiger partial charge in [-0.25, -0.2) is 9.37 Å². The number of alkyl halides is 2. The normalized spacial score (nSPS) is 26.1. The van der Waals surface area contributed by atoms with E-state index in [0.717, 1.165) is 0 Å². The fourth-order valence-corrected chi connectivity index (χ4v) is 3.74. The van der Waals surface area contributed by atoms with Crippen molar-refractivity contribution in [3.63, 3.8) is 0 Å². The minimum Gasteiger partial charge on any atom is -0.481 e. The van der Waals surface area contributed by atoms with Crippen LogP contribution < -0.4 is 15.4 Å². The number of nitrogens with one attached hydrogen (secondary N) is 2. The Kier molecular flexibility index (Phi) is 6.85. The molecule has 2 N–H and O–H groups in total. The predicted octanol–water partition coefficient (Wildman–Crippen LogP) is 4.77. The Hall–Kier alpha value is -2.06. The van der Waals surface area contributed by atoms with Crippen LogP contribution in [0.4, 0.5) is 10.1 Å². The summed E-state index contributed by atoms with van der Waals surface area (Å²) in [6, 6.07) is 3.51. The summed E-state index contributed by atoms with van der Waals surface area (Å²) in [5, 5.41) is 14.4. The van der Waals surface area contributed by atoms with Crippen LogP contribution in [0.3, 0.4) is 0 Å². The van der Waals surface area contributed by atoms with Gasteiger partial charge in [-0.05, 0) is 25.8 Å². The molecule has 0 fully saturated rings. The second kappa shape index (κ2) is 9.17. The number of allylic oxidation sites excluding steroid dienone is 1. The molecule has 2 heterocycles. The first-order valence-electron chi connectivity index (χ1n) is 9.37. The van der Waals surface area contributed by atoms with Crippen molar-refractivity contribution in [1.82, 2.24) is 10.3 Å². The van der Waals surface area contributed by atoms with Crippen LogP contribution in [0.2, 0.25) is 0 Å². The maximum atomic E-state index is 14.5. The highest BCUT2D eigenvalue weighted by Crippen LogP contribution is 2.49. The Morgan fingerprint density at radius 3 is 2.76 bits per heavy atom. The van der Waals surface area contributed by atoms with Crippen molar-refractivity contribution in [2.24, 2.45) is 22.1 Å². The molecule has 7 nitrogen and oxygen atoms in total. The van der Waals surface area contributed by atoms with E-state index in [0.29, 0.717) is 35.4 Å². The van der Waals surface area contributed by atoms with Gasteiger partial charge >= 0.3 is 0 Å². The number of nitrogens with zero attached hydrogens (tertiary/aromatic N) is 3. The van der Waals surface area contributed by atoms with Gasteiger partial charge in [0, 0.05) is 22.9 Å². The molecule has 0 spiro atoms. The number of aromatic nitrogens is 1. The smallest absolute Gasteiger partial charge is 0.239 e. The van der Waals surface area contributed by atoms with E-state index < -0.39 is 18.3 Å². The summed E-state index contributed by atoms with van der Waals surface area (Å²) in [5.41, 5.74) is 1.32. The minimum absolute atomic E-state index is 0.113. The minimum atomic E-state index is -1.25. The number of pyridine rings is 1. The first-order chi connectivity index (χ1) is 13.9. The summed E-state index contributed by atoms with van der Waals surface area (Å²) in [6.07, 6.45) is -0.307. The maximum Gasteiger partial charge on any atom is 0.239 e. The molecule has 5 atom stereocenters. The van der Waals surface area contributed by atoms with Gasteiger partial charge in [0.25, 0.3) is 0 Å². The summed E-state index contributed by atoms with van der Waals surface area (Å²) in [7, 11) is 1.54. The summed E-state index contributed by atoms with van der Waals surface area (Å²) >= 11 is 12.4. The highest BCUT2D eigenvalue weighted by molar-refractivity contribution is 6.31. The number of azo groups is 1. The molecule has 0 aromatic carbocycles. The van der Waals surface area contributed by atoms with E-state index in [2.05, 4.69) is 25.8 Å². The van der Waals surface area contributed by atoms with Gasteiger partial charge in [0.15, 0.2) is 6.23 Å². The van der Waals surface area contributed by atoms with Crippen molar-refractivity contribution in [1.29, 1.82) is 0 Å². The van der Waals surface area contributed by atoms with Crippen molar-refractivity contribution < 1.29 is 13.9 Å². The van der Waals surface area contributed by atoms with Gasteiger partial charge in [-0.1, -0.05) is 18.5 Å². The zero-order chi connectivity index (χ0) is 21.1. The molecule has 3 rings (SSSR count). The number of methoxy groups -OCH3 is 1. The number of hydrogen-bond donors (Lipinski definition) is 2. The van der Waals surface area contributed by atoms with Crippen LogP contribution in [0, 0.1) is 11.8 Å². The molecule has 29 heavy (non-hydrogen) atoms. The molecule has 0 amide bonds. The standard InChI is InChI=1S/C19H24Cl2FN5O2/c1-5-24-27-17-19(25-11-6-7-12(28-4)23-8-11)29-18(26-17)14-13(9(2)10(3)20)16(22)15(14)21/h6-10,13,16,18,25-26H,5H2,1-4H3/b27-24-/t9-,10+,13+,16?,18?/m0/s1. The van der Waals surface area contributed by atoms with Crippen LogP contribution in [0.15, 0.2) is 50.9 Å². The number of rotatable bonds is 8. The third kappa shape index (κ3) is 4.43. The molecule has 0 bridgehead atoms. The average Bonchev–Trinajstić information content (AvgIpc) is 3.11. The fraction of sp³-hybridized carbons (Fsp3) is 0.526. The molecular weight excluding hydrogens is 420 g/mol. The van der Waals surface area contributed by atoms with E-state index in [1.54, 1.807) is 25.4 Å². The molecular formula is C19H24Cl2FN5O2. The topological polar surface area (TPSA) is 80.1 Å². The number of ether oxygens (including phenoxy) is 2. The monoisotopic (exact) mass is 443 g/mol. The molecule has 158 valence electrons. The lowest BCUT2D eigenvalue weighted by molar-refractivity contribution is 0.104. The molecule has 0 saturated carbocycles. The molecule has 0 saturated heterocycles. The Balaban J connectivity index is 1.81. The van der Waals surface area contributed by atoms with Gasteiger partial charge in [0.2, 0.25) is 17.6 Å². The Morgan fingerprint density at radius 2 is 2.17 bits per heavy atom. The van der Waals surface area contributed by atoms with E-state index >= 15 is 0 Å². The summed E-state index contributed by atoms with van der Waals surface area (Å²) < 4.78 is 25.6. The Labute approximate surface area is 179 Å². The molecule has 1 aromatic heterocycles. The van der Waals surface area contributed by atoms with E-state index in [9.17, 15) is 4.39 Å². The molecule has 1 aliphatic carbocycles. The van der Waals surface area contributed by atoms with Crippen molar-refractivity contribution in [3.05, 3.63) is 40.6 Å². The van der Waals surface area contributed by atoms with E-state index in [1.165, 1.54) is 0 Å². The molecule has 10 heteroatoms. The lowest BCUT2D eigenvalue weighted by Crippen LogP contribution is -2.46. The largest absolute Gasteiger partial charge is 0.481 e. The highest BCUT2D eigenvalue weighted by Gasteiger charge is 2.49. The third-order valence-electron chi connectivity index (χ3n) is 5.00. The van der Waals surface area contributed by atoms with Crippen LogP contribution in [-0.4, -0.2) is 36.4 Å². The first kappa shape index (κ1) is 21.6. The van der Waals surface area contributed by atoms with Crippen LogP contribution >= 0.6 is 23.2 Å². The predicted molar refractivity (Wildman–Crippen MR) is 111 cm³/mol. The average molecular weight is 444 g/mol. The fourth-order valence-electron chi connectivity index (χ4n) is 3.22. The highest BCUT2D eigenvalue weighted by atomic mass is 35.5. The van der Waals surface area contributed by atoms with Gasteiger partial charge in [-0.2, -0.15) is 5.11 Å². The Morgan fingerprint density at radius 1 is 1.41 bits per heavy atom. The van der Waals surface area contributed by atoms with Crippen LogP contribution in [0.1, 0.15) is 20.8 Å². The zero-order valence-electron chi connectivity index (χ0n) is 16.6. The molecule has 0 radical (unpaired) electrons. The van der Waals surface area contributed by atoms with E-state index in [-0.39, 0.29) is 16.3 Å². The Bertz CT molecular complexity index is 828. The van der Waals surface area contributed by atoms with Crippen molar-refractivity contribution in [3.8, 4) is 5.88 Å². The van der Waals surface area contributed by atoms with Gasteiger partial charge in [-0.15, -0.1) is 16.7 Å². The van der Waals surface area contributed by atoms with Crippen molar-refractivity contribution in [2.75, 3.05) is 19.0 Å². The van der Waals surface area contributed by atoms with Crippen molar-refractivity contribution in [2.45, 2.75) is 38.5 Å². The third-order valence-corrected chi connectivity index (χ3v) is 5.82. The second-order valence-electron chi connectivity index (χ2n) is 6.86. The summed E-state index contributed by atoms with van der Waals surface area (Å²) in [5.74, 6) is 0.698. The van der Waals surface area contributed by atoms with Crippen LogP contribution in [0.25, 0.3) is 0 Å². The summed E-state index contributed by atoms with van der Waals surface area (Å²) in [6.45, 7) is 6.12. The number of halogens is 3. The SMILES string of the molecule is CC/N=N\C1=C(Nc2ccc(OC)nc2)OC(C2=C(Cl)C(F)[C@@H]2[C@@H](C)[C@@H](C)Cl)N1. The van der Waals surface area contributed by atoms with Crippen molar-refractivity contribution >= 4 is 28.9 Å². The molecule has 1 aliphatic heterocycles. The van der Waals surface area contributed by atoms with E-state index in [4.69, 9.17) is 32.7 Å². The number of anilines is 1. The molecule has 2 aliphatic rings. The zero-order valence-corrected chi connectivity index (χ0v) is 18.1. The van der Waals surface area contributed by atoms with Gasteiger partial charge in [0.1, 0.15) is 6.17 Å². The molecule has 2 unspecified atom stereocenters. The maximum absolute atomic E-state index is 14.5. The van der Waals surface area contributed by atoms with Crippen LogP contribution in [-0.2, 0) is 4.74 Å². The van der Waals surface area contributed by atoms with Gasteiger partial charge < -0.3 is 20.1 Å². The first-order valence-corrected chi connectivity index (χ1v) is 10.2. The lowest BCUT2D eigenvalue weighted by atomic mass is 9.72. The number of hydrogen-bond acceptors (Lipinski definition) is 7. The van der Waals surface area contributed by atoms with Gasteiger partial charge in [0.05, 0.1) is 30.6 Å². The van der Waals surface area contributed by atoms with Crippen LogP contribution in [0.5, 0.6) is 5.88 Å². The second-order valence-corrected chi connectivity index (χ2v) is 7.95. The molecule has 1 aromatic rings. The van der Waals surface area contributed by atoms with E-state index in [1.807, 2.05) is 20.8 Å². The lowest BCUT2D eigenvalue weighted by Gasteiger charge is -2.41. The quantitative estimate of drug-likeness (QED) is 0.446. The summed E-state index contributed by atoms with van der Waals surface area (Å²) in [4.78, 5) is 4.15. The van der Waals surface area contributed by atoms with Gasteiger partial charge in [-0.3, -0.25) is 0 Å².